The van der Waals surface area contributed by atoms with E-state index in [1.54, 1.807) is 0 Å². The van der Waals surface area contributed by atoms with Crippen molar-refractivity contribution in [1.82, 2.24) is 0 Å². The fraction of sp³-hybridized carbons (Fsp3) is 0.118. The molecule has 0 saturated heterocycles. The minimum Gasteiger partial charge on any atom is -0.492 e. The lowest BCUT2D eigenvalue weighted by atomic mass is 10.1. The Morgan fingerprint density at radius 1 is 1.27 bits per heavy atom. The van der Waals surface area contributed by atoms with E-state index in [0.29, 0.717) is 23.6 Å². The number of anilines is 1. The van der Waals surface area contributed by atoms with E-state index < -0.39 is 5.82 Å². The summed E-state index contributed by atoms with van der Waals surface area (Å²) in [6, 6.07) is 11.8. The van der Waals surface area contributed by atoms with Crippen LogP contribution in [0.2, 0.25) is 0 Å². The average Bonchev–Trinajstić information content (AvgIpc) is 2.94. The minimum absolute atomic E-state index is 0.231. The van der Waals surface area contributed by atoms with Gasteiger partial charge in [0.25, 0.3) is 5.91 Å². The van der Waals surface area contributed by atoms with Crippen molar-refractivity contribution in [2.45, 2.75) is 6.92 Å². The summed E-state index contributed by atoms with van der Waals surface area (Å²) in [6.45, 7) is 2.20. The van der Waals surface area contributed by atoms with Crippen LogP contribution >= 0.6 is 11.3 Å². The fourth-order valence-electron chi connectivity index (χ4n) is 2.22. The van der Waals surface area contributed by atoms with Crippen LogP contribution in [0.3, 0.4) is 0 Å². The van der Waals surface area contributed by atoms with Crippen LogP contribution in [0.5, 0.6) is 5.75 Å². The molecule has 0 saturated carbocycles. The normalized spacial score (nSPS) is 10.6. The number of carbonyl (C=O) groups excluding carboxylic acids is 1. The molecule has 5 heteroatoms. The van der Waals surface area contributed by atoms with Gasteiger partial charge in [-0.2, -0.15) is 0 Å². The van der Waals surface area contributed by atoms with Gasteiger partial charge in [0.1, 0.15) is 11.6 Å². The molecule has 0 unspecified atom stereocenters. The summed E-state index contributed by atoms with van der Waals surface area (Å²) in [5.41, 5.74) is 1.07. The SMILES string of the molecule is CCOc1cc(F)ccc1NC(=O)c1csc2ccccc12. The standard InChI is InChI=1S/C17H14FNO2S/c1-2-21-15-9-11(18)7-8-14(15)19-17(20)13-10-22-16-6-4-3-5-12(13)16/h3-10H,2H2,1H3,(H,19,20). The Morgan fingerprint density at radius 3 is 2.91 bits per heavy atom. The second kappa shape index (κ2) is 6.15. The molecule has 0 radical (unpaired) electrons. The molecule has 0 fully saturated rings. The first-order valence-electron chi connectivity index (χ1n) is 6.89. The smallest absolute Gasteiger partial charge is 0.257 e. The van der Waals surface area contributed by atoms with Gasteiger partial charge in [0.05, 0.1) is 17.9 Å². The highest BCUT2D eigenvalue weighted by molar-refractivity contribution is 7.17. The van der Waals surface area contributed by atoms with E-state index in [1.807, 2.05) is 36.6 Å². The van der Waals surface area contributed by atoms with E-state index >= 15 is 0 Å². The third-order valence-electron chi connectivity index (χ3n) is 3.22. The summed E-state index contributed by atoms with van der Waals surface area (Å²) in [4.78, 5) is 12.5. The number of benzene rings is 2. The Labute approximate surface area is 131 Å². The first-order chi connectivity index (χ1) is 10.7. The van der Waals surface area contributed by atoms with E-state index in [0.717, 1.165) is 10.1 Å². The molecule has 3 nitrogen and oxygen atoms in total. The van der Waals surface area contributed by atoms with Crippen LogP contribution in [-0.2, 0) is 0 Å². The van der Waals surface area contributed by atoms with E-state index in [9.17, 15) is 9.18 Å². The Hall–Kier alpha value is -2.40. The molecule has 0 aliphatic carbocycles. The molecule has 1 heterocycles. The van der Waals surface area contributed by atoms with Crippen molar-refractivity contribution in [2.75, 3.05) is 11.9 Å². The molecule has 3 rings (SSSR count). The number of nitrogens with one attached hydrogen (secondary N) is 1. The Kier molecular flexibility index (Phi) is 4.06. The van der Waals surface area contributed by atoms with Crippen LogP contribution in [0.25, 0.3) is 10.1 Å². The second-order valence-electron chi connectivity index (χ2n) is 4.67. The van der Waals surface area contributed by atoms with Gasteiger partial charge >= 0.3 is 0 Å². The Morgan fingerprint density at radius 2 is 2.09 bits per heavy atom. The number of thiophene rings is 1. The monoisotopic (exact) mass is 315 g/mol. The number of fused-ring (bicyclic) bond motifs is 1. The lowest BCUT2D eigenvalue weighted by molar-refractivity contribution is 0.102. The number of hydrogen-bond acceptors (Lipinski definition) is 3. The van der Waals surface area contributed by atoms with Gasteiger partial charge < -0.3 is 10.1 Å². The van der Waals surface area contributed by atoms with E-state index in [2.05, 4.69) is 5.32 Å². The Balaban J connectivity index is 1.91. The number of carbonyl (C=O) groups is 1. The first-order valence-corrected chi connectivity index (χ1v) is 7.77. The number of amides is 1. The molecule has 1 amide bonds. The molecule has 1 aromatic heterocycles. The van der Waals surface area contributed by atoms with E-state index in [1.165, 1.54) is 29.5 Å². The lowest BCUT2D eigenvalue weighted by Gasteiger charge is -2.11. The van der Waals surface area contributed by atoms with Crippen LogP contribution in [0, 0.1) is 5.82 Å². The Bertz CT molecular complexity index is 828. The fourth-order valence-corrected chi connectivity index (χ4v) is 3.16. The zero-order chi connectivity index (χ0) is 15.5. The van der Waals surface area contributed by atoms with Crippen LogP contribution < -0.4 is 10.1 Å². The molecule has 0 spiro atoms. The molecule has 0 aliphatic rings. The largest absolute Gasteiger partial charge is 0.492 e. The highest BCUT2D eigenvalue weighted by Gasteiger charge is 2.14. The number of halogens is 1. The number of rotatable bonds is 4. The molecule has 22 heavy (non-hydrogen) atoms. The van der Waals surface area contributed by atoms with Crippen molar-refractivity contribution in [2.24, 2.45) is 0 Å². The van der Waals surface area contributed by atoms with Crippen molar-refractivity contribution in [3.8, 4) is 5.75 Å². The van der Waals surface area contributed by atoms with Crippen LogP contribution in [0.15, 0.2) is 47.8 Å². The quantitative estimate of drug-likeness (QED) is 0.758. The number of hydrogen-bond donors (Lipinski definition) is 1. The highest BCUT2D eigenvalue weighted by atomic mass is 32.1. The maximum Gasteiger partial charge on any atom is 0.257 e. The molecule has 0 aliphatic heterocycles. The van der Waals surface area contributed by atoms with Gasteiger partial charge in [-0.25, -0.2) is 4.39 Å². The molecule has 0 atom stereocenters. The van der Waals surface area contributed by atoms with Gasteiger partial charge in [0.2, 0.25) is 0 Å². The van der Waals surface area contributed by atoms with Crippen LogP contribution in [0.4, 0.5) is 10.1 Å². The molecular weight excluding hydrogens is 301 g/mol. The molecule has 3 aromatic rings. The summed E-state index contributed by atoms with van der Waals surface area (Å²) in [7, 11) is 0. The van der Waals surface area contributed by atoms with Gasteiger partial charge in [-0.3, -0.25) is 4.79 Å². The molecule has 1 N–H and O–H groups in total. The van der Waals surface area contributed by atoms with Gasteiger partial charge in [-0.05, 0) is 25.1 Å². The van der Waals surface area contributed by atoms with Crippen molar-refractivity contribution < 1.29 is 13.9 Å². The summed E-state index contributed by atoms with van der Waals surface area (Å²) >= 11 is 1.52. The summed E-state index contributed by atoms with van der Waals surface area (Å²) in [5.74, 6) is -0.303. The third-order valence-corrected chi connectivity index (χ3v) is 4.18. The van der Waals surface area contributed by atoms with Crippen LogP contribution in [0.1, 0.15) is 17.3 Å². The van der Waals surface area contributed by atoms with Gasteiger partial charge in [0, 0.05) is 21.5 Å². The topological polar surface area (TPSA) is 38.3 Å². The number of ether oxygens (including phenoxy) is 1. The lowest BCUT2D eigenvalue weighted by Crippen LogP contribution is -2.12. The van der Waals surface area contributed by atoms with Crippen molar-refractivity contribution in [3.05, 3.63) is 59.2 Å². The molecule has 112 valence electrons. The van der Waals surface area contributed by atoms with Gasteiger partial charge in [-0.1, -0.05) is 18.2 Å². The predicted octanol–water partition coefficient (Wildman–Crippen LogP) is 4.69. The second-order valence-corrected chi connectivity index (χ2v) is 5.58. The van der Waals surface area contributed by atoms with E-state index in [4.69, 9.17) is 4.74 Å². The molecule has 2 aromatic carbocycles. The zero-order valence-corrected chi connectivity index (χ0v) is 12.7. The summed E-state index contributed by atoms with van der Waals surface area (Å²) < 4.78 is 19.7. The van der Waals surface area contributed by atoms with Crippen molar-refractivity contribution in [1.29, 1.82) is 0 Å². The predicted molar refractivity (Wildman–Crippen MR) is 87.3 cm³/mol. The van der Waals surface area contributed by atoms with Crippen molar-refractivity contribution in [3.63, 3.8) is 0 Å². The summed E-state index contributed by atoms with van der Waals surface area (Å²) in [6.07, 6.45) is 0. The summed E-state index contributed by atoms with van der Waals surface area (Å²) in [5, 5.41) is 5.52. The van der Waals surface area contributed by atoms with Crippen LogP contribution in [-0.4, -0.2) is 12.5 Å². The van der Waals surface area contributed by atoms with Crippen molar-refractivity contribution >= 4 is 33.0 Å². The average molecular weight is 315 g/mol. The van der Waals surface area contributed by atoms with E-state index in [-0.39, 0.29) is 5.91 Å². The third kappa shape index (κ3) is 2.80. The maximum absolute atomic E-state index is 13.3. The maximum atomic E-state index is 13.3. The minimum atomic E-state index is -0.401. The molecular formula is C17H14FNO2S. The van der Waals surface area contributed by atoms with Gasteiger partial charge in [-0.15, -0.1) is 11.3 Å². The molecule has 0 bridgehead atoms. The van der Waals surface area contributed by atoms with Gasteiger partial charge in [0.15, 0.2) is 0 Å². The zero-order valence-electron chi connectivity index (χ0n) is 11.9. The highest BCUT2D eigenvalue weighted by Crippen LogP contribution is 2.29. The first kappa shape index (κ1) is 14.5.